The molecule has 1 heterocycles. The van der Waals surface area contributed by atoms with Gasteiger partial charge in [-0.2, -0.15) is 0 Å². The normalized spacial score (nSPS) is 11.5. The van der Waals surface area contributed by atoms with Crippen LogP contribution in [-0.2, 0) is 16.6 Å². The summed E-state index contributed by atoms with van der Waals surface area (Å²) in [6, 6.07) is 5.10. The Morgan fingerprint density at radius 3 is 2.68 bits per heavy atom. The molecule has 1 aromatic heterocycles. The minimum absolute atomic E-state index is 0.146. The lowest BCUT2D eigenvalue weighted by Crippen LogP contribution is -2.14. The van der Waals surface area contributed by atoms with Gasteiger partial charge in [0.25, 0.3) is 0 Å². The summed E-state index contributed by atoms with van der Waals surface area (Å²) in [7, 11) is -3.69. The molecule has 0 amide bonds. The van der Waals surface area contributed by atoms with Gasteiger partial charge in [-0.05, 0) is 31.5 Å². The first kappa shape index (κ1) is 14.0. The van der Waals surface area contributed by atoms with E-state index in [-0.39, 0.29) is 4.90 Å². The van der Waals surface area contributed by atoms with Gasteiger partial charge in [-0.1, -0.05) is 6.07 Å². The molecule has 7 heteroatoms. The van der Waals surface area contributed by atoms with E-state index in [9.17, 15) is 8.42 Å². The first-order chi connectivity index (χ1) is 8.86. The number of rotatable bonds is 4. The van der Waals surface area contributed by atoms with Crippen LogP contribution in [-0.4, -0.2) is 13.4 Å². The maximum absolute atomic E-state index is 11.4. The van der Waals surface area contributed by atoms with Crippen LogP contribution in [0.4, 0.5) is 5.69 Å². The van der Waals surface area contributed by atoms with Gasteiger partial charge >= 0.3 is 0 Å². The number of nitrogens with zero attached hydrogens (tertiary/aromatic N) is 1. The number of hydrogen-bond donors (Lipinski definition) is 2. The molecule has 0 aliphatic carbocycles. The molecule has 0 atom stereocenters. The van der Waals surface area contributed by atoms with Gasteiger partial charge in [0.2, 0.25) is 10.0 Å². The lowest BCUT2D eigenvalue weighted by molar-refractivity contribution is 0.597. The first-order valence-electron chi connectivity index (χ1n) is 5.64. The molecule has 5 nitrogen and oxygen atoms in total. The van der Waals surface area contributed by atoms with Crippen molar-refractivity contribution in [3.05, 3.63) is 39.8 Å². The number of aryl methyl sites for hydroxylation is 2. The fourth-order valence-corrected chi connectivity index (χ4v) is 3.20. The fraction of sp³-hybridized carbons (Fsp3) is 0.250. The lowest BCUT2D eigenvalue weighted by Gasteiger charge is -2.08. The van der Waals surface area contributed by atoms with Gasteiger partial charge in [0.15, 0.2) is 0 Å². The van der Waals surface area contributed by atoms with E-state index in [4.69, 9.17) is 5.14 Å². The van der Waals surface area contributed by atoms with Gasteiger partial charge in [0.05, 0.1) is 11.4 Å². The molecule has 3 N–H and O–H groups in total. The highest BCUT2D eigenvalue weighted by Gasteiger charge is 2.12. The molecule has 2 aromatic rings. The third-order valence-electron chi connectivity index (χ3n) is 2.60. The maximum atomic E-state index is 11.4. The summed E-state index contributed by atoms with van der Waals surface area (Å²) >= 11 is 1.57. The summed E-state index contributed by atoms with van der Waals surface area (Å²) in [5.41, 5.74) is 2.33. The molecule has 2 rings (SSSR count). The standard InChI is InChI=1S/C12H15N3O2S2/c1-8-3-4-10(5-11(8)19(13,16)17)14-6-12-15-9(2)7-18-12/h3-5,7,14H,6H2,1-2H3,(H2,13,16,17). The second kappa shape index (κ2) is 5.28. The Morgan fingerprint density at radius 1 is 1.37 bits per heavy atom. The zero-order valence-electron chi connectivity index (χ0n) is 10.7. The topological polar surface area (TPSA) is 85.1 Å². The number of nitrogens with two attached hydrogens (primary N) is 1. The van der Waals surface area contributed by atoms with Crippen LogP contribution in [0.2, 0.25) is 0 Å². The zero-order chi connectivity index (χ0) is 14.0. The Kier molecular flexibility index (Phi) is 3.88. The highest BCUT2D eigenvalue weighted by atomic mass is 32.2. The number of nitrogens with one attached hydrogen (secondary N) is 1. The van der Waals surface area contributed by atoms with E-state index in [0.717, 1.165) is 10.7 Å². The number of benzene rings is 1. The summed E-state index contributed by atoms with van der Waals surface area (Å²) in [6.07, 6.45) is 0. The quantitative estimate of drug-likeness (QED) is 0.904. The second-order valence-electron chi connectivity index (χ2n) is 4.26. The summed E-state index contributed by atoms with van der Waals surface area (Å²) in [5, 5.41) is 11.2. The van der Waals surface area contributed by atoms with Gasteiger partial charge in [0.1, 0.15) is 5.01 Å². The predicted octanol–water partition coefficient (Wildman–Crippen LogP) is 2.02. The highest BCUT2D eigenvalue weighted by Crippen LogP contribution is 2.20. The number of anilines is 1. The number of hydrogen-bond acceptors (Lipinski definition) is 5. The summed E-state index contributed by atoms with van der Waals surface area (Å²) in [4.78, 5) is 4.47. The Labute approximate surface area is 116 Å². The summed E-state index contributed by atoms with van der Waals surface area (Å²) in [6.45, 7) is 4.21. The Hall–Kier alpha value is -1.44. The van der Waals surface area contributed by atoms with Crippen LogP contribution in [0.1, 0.15) is 16.3 Å². The number of thiazole rings is 1. The van der Waals surface area contributed by atoms with Crippen molar-refractivity contribution in [2.45, 2.75) is 25.3 Å². The molecule has 1 aromatic carbocycles. The van der Waals surface area contributed by atoms with Crippen molar-refractivity contribution in [2.24, 2.45) is 5.14 Å². The molecule has 0 saturated heterocycles. The molecule has 0 bridgehead atoms. The van der Waals surface area contributed by atoms with E-state index >= 15 is 0 Å². The molecular formula is C12H15N3O2S2. The second-order valence-corrected chi connectivity index (χ2v) is 6.73. The average molecular weight is 297 g/mol. The van der Waals surface area contributed by atoms with Crippen molar-refractivity contribution >= 4 is 27.0 Å². The van der Waals surface area contributed by atoms with E-state index in [0.29, 0.717) is 17.8 Å². The van der Waals surface area contributed by atoms with E-state index in [1.807, 2.05) is 18.4 Å². The number of primary sulfonamides is 1. The molecule has 0 unspecified atom stereocenters. The van der Waals surface area contributed by atoms with Crippen molar-refractivity contribution in [2.75, 3.05) is 5.32 Å². The molecule has 0 aliphatic heterocycles. The van der Waals surface area contributed by atoms with Crippen molar-refractivity contribution in [1.29, 1.82) is 0 Å². The molecule has 0 spiro atoms. The van der Waals surface area contributed by atoms with E-state index in [2.05, 4.69) is 10.3 Å². The highest BCUT2D eigenvalue weighted by molar-refractivity contribution is 7.89. The average Bonchev–Trinajstić information content (AvgIpc) is 2.72. The zero-order valence-corrected chi connectivity index (χ0v) is 12.3. The third-order valence-corrected chi connectivity index (χ3v) is 4.62. The molecule has 19 heavy (non-hydrogen) atoms. The minimum atomic E-state index is -3.69. The minimum Gasteiger partial charge on any atom is -0.378 e. The molecule has 0 radical (unpaired) electrons. The van der Waals surface area contributed by atoms with Crippen molar-refractivity contribution in [3.8, 4) is 0 Å². The predicted molar refractivity (Wildman–Crippen MR) is 76.7 cm³/mol. The van der Waals surface area contributed by atoms with Crippen LogP contribution in [0.15, 0.2) is 28.5 Å². The first-order valence-corrected chi connectivity index (χ1v) is 8.07. The van der Waals surface area contributed by atoms with Crippen molar-refractivity contribution in [3.63, 3.8) is 0 Å². The van der Waals surface area contributed by atoms with Crippen LogP contribution in [0.25, 0.3) is 0 Å². The smallest absolute Gasteiger partial charge is 0.238 e. The largest absolute Gasteiger partial charge is 0.378 e. The Bertz CT molecular complexity index is 693. The third kappa shape index (κ3) is 3.52. The van der Waals surface area contributed by atoms with Crippen molar-refractivity contribution in [1.82, 2.24) is 4.98 Å². The Morgan fingerprint density at radius 2 is 2.11 bits per heavy atom. The van der Waals surface area contributed by atoms with Crippen LogP contribution in [0.3, 0.4) is 0 Å². The van der Waals surface area contributed by atoms with Crippen LogP contribution in [0, 0.1) is 13.8 Å². The van der Waals surface area contributed by atoms with Gasteiger partial charge in [0, 0.05) is 16.8 Å². The SMILES string of the molecule is Cc1csc(CNc2ccc(C)c(S(N)(=O)=O)c2)n1. The number of aromatic nitrogens is 1. The lowest BCUT2D eigenvalue weighted by atomic mass is 10.2. The fourth-order valence-electron chi connectivity index (χ4n) is 1.68. The van der Waals surface area contributed by atoms with Crippen LogP contribution >= 0.6 is 11.3 Å². The van der Waals surface area contributed by atoms with E-state index in [1.54, 1.807) is 30.4 Å². The van der Waals surface area contributed by atoms with Gasteiger partial charge in [-0.3, -0.25) is 0 Å². The van der Waals surface area contributed by atoms with Crippen LogP contribution in [0.5, 0.6) is 0 Å². The van der Waals surface area contributed by atoms with Gasteiger partial charge in [-0.15, -0.1) is 11.3 Å². The molecule has 0 fully saturated rings. The van der Waals surface area contributed by atoms with Crippen LogP contribution < -0.4 is 10.5 Å². The van der Waals surface area contributed by atoms with E-state index in [1.165, 1.54) is 0 Å². The molecule has 0 aliphatic rings. The summed E-state index contributed by atoms with van der Waals surface area (Å²) in [5.74, 6) is 0. The van der Waals surface area contributed by atoms with Gasteiger partial charge in [-0.25, -0.2) is 18.5 Å². The van der Waals surface area contributed by atoms with E-state index < -0.39 is 10.0 Å². The van der Waals surface area contributed by atoms with Crippen molar-refractivity contribution < 1.29 is 8.42 Å². The molecule has 102 valence electrons. The summed E-state index contributed by atoms with van der Waals surface area (Å²) < 4.78 is 22.8. The molecular weight excluding hydrogens is 282 g/mol. The number of sulfonamides is 1. The monoisotopic (exact) mass is 297 g/mol. The van der Waals surface area contributed by atoms with Gasteiger partial charge < -0.3 is 5.32 Å². The maximum Gasteiger partial charge on any atom is 0.238 e. The molecule has 0 saturated carbocycles. The Balaban J connectivity index is 2.18.